The molecule has 0 fully saturated rings. The Morgan fingerprint density at radius 3 is 2.24 bits per heavy atom. The van der Waals surface area contributed by atoms with Crippen molar-refractivity contribution in [1.29, 1.82) is 0 Å². The standard InChI is InChI=1S/C26H37N3O4S/c1-19(2)17-27-26(31)22(5)28(15-14-23-10-8-7-9-11-23)25(30)18-29(34(6,32)33)24-16-20(3)12-13-21(24)4/h7-13,16,19,22H,14-15,17-18H2,1-6H3,(H,27,31)/t22-/m0/s1. The average Bonchev–Trinajstić information content (AvgIpc) is 2.77. The number of nitrogens with one attached hydrogen (secondary N) is 1. The van der Waals surface area contributed by atoms with Crippen LogP contribution in [-0.4, -0.2) is 57.1 Å². The van der Waals surface area contributed by atoms with E-state index in [2.05, 4.69) is 5.32 Å². The molecule has 34 heavy (non-hydrogen) atoms. The molecule has 0 aliphatic carbocycles. The van der Waals surface area contributed by atoms with E-state index in [1.165, 1.54) is 4.90 Å². The molecule has 0 aliphatic heterocycles. The Bertz CT molecular complexity index is 1080. The number of rotatable bonds is 11. The second-order valence-electron chi connectivity index (χ2n) is 9.20. The molecule has 7 nitrogen and oxygen atoms in total. The molecule has 0 heterocycles. The van der Waals surface area contributed by atoms with Gasteiger partial charge in [0.05, 0.1) is 11.9 Å². The summed E-state index contributed by atoms with van der Waals surface area (Å²) in [4.78, 5) is 27.8. The Morgan fingerprint density at radius 2 is 1.65 bits per heavy atom. The van der Waals surface area contributed by atoms with E-state index >= 15 is 0 Å². The summed E-state index contributed by atoms with van der Waals surface area (Å²) in [5, 5.41) is 2.88. The first-order valence-electron chi connectivity index (χ1n) is 11.6. The lowest BCUT2D eigenvalue weighted by atomic mass is 10.1. The van der Waals surface area contributed by atoms with Crippen LogP contribution >= 0.6 is 0 Å². The summed E-state index contributed by atoms with van der Waals surface area (Å²) in [5.74, 6) is -0.406. The summed E-state index contributed by atoms with van der Waals surface area (Å²) in [5.41, 5.74) is 3.15. The Morgan fingerprint density at radius 1 is 1.00 bits per heavy atom. The van der Waals surface area contributed by atoms with E-state index in [0.717, 1.165) is 27.3 Å². The molecule has 0 aliphatic rings. The highest BCUT2D eigenvalue weighted by molar-refractivity contribution is 7.92. The monoisotopic (exact) mass is 487 g/mol. The molecule has 0 aromatic heterocycles. The van der Waals surface area contributed by atoms with E-state index in [-0.39, 0.29) is 18.4 Å². The van der Waals surface area contributed by atoms with Crippen LogP contribution in [0, 0.1) is 19.8 Å². The third kappa shape index (κ3) is 7.87. The van der Waals surface area contributed by atoms with Crippen LogP contribution in [0.1, 0.15) is 37.5 Å². The number of carbonyl (C=O) groups excluding carboxylic acids is 2. The molecule has 0 spiro atoms. The van der Waals surface area contributed by atoms with Gasteiger partial charge < -0.3 is 10.2 Å². The Kier molecular flexibility index (Phi) is 9.67. The van der Waals surface area contributed by atoms with Gasteiger partial charge >= 0.3 is 0 Å². The fourth-order valence-electron chi connectivity index (χ4n) is 3.61. The van der Waals surface area contributed by atoms with Crippen molar-refractivity contribution in [2.24, 2.45) is 5.92 Å². The summed E-state index contributed by atoms with van der Waals surface area (Å²) in [6, 6.07) is 14.4. The van der Waals surface area contributed by atoms with Gasteiger partial charge in [0.25, 0.3) is 0 Å². The maximum Gasteiger partial charge on any atom is 0.244 e. The molecular weight excluding hydrogens is 450 g/mol. The van der Waals surface area contributed by atoms with E-state index in [1.807, 2.05) is 70.2 Å². The van der Waals surface area contributed by atoms with Gasteiger partial charge in [-0.3, -0.25) is 13.9 Å². The molecule has 0 unspecified atom stereocenters. The van der Waals surface area contributed by atoms with Crippen LogP contribution in [0.2, 0.25) is 0 Å². The van der Waals surface area contributed by atoms with Gasteiger partial charge in [0.1, 0.15) is 12.6 Å². The molecule has 0 radical (unpaired) electrons. The van der Waals surface area contributed by atoms with Crippen LogP contribution in [0.25, 0.3) is 0 Å². The van der Waals surface area contributed by atoms with Crippen molar-refractivity contribution < 1.29 is 18.0 Å². The summed E-state index contributed by atoms with van der Waals surface area (Å²) in [6.07, 6.45) is 1.64. The van der Waals surface area contributed by atoms with Gasteiger partial charge in [0.2, 0.25) is 21.8 Å². The number of nitrogens with zero attached hydrogens (tertiary/aromatic N) is 2. The van der Waals surface area contributed by atoms with E-state index < -0.39 is 22.0 Å². The van der Waals surface area contributed by atoms with Crippen LogP contribution in [0.5, 0.6) is 0 Å². The molecule has 0 saturated carbocycles. The summed E-state index contributed by atoms with van der Waals surface area (Å²) in [6.45, 7) is 9.78. The molecule has 186 valence electrons. The number of carbonyl (C=O) groups is 2. The van der Waals surface area contributed by atoms with Crippen LogP contribution in [0.15, 0.2) is 48.5 Å². The number of benzene rings is 2. The minimum absolute atomic E-state index is 0.257. The van der Waals surface area contributed by atoms with E-state index in [9.17, 15) is 18.0 Å². The largest absolute Gasteiger partial charge is 0.354 e. The molecule has 2 aromatic carbocycles. The highest BCUT2D eigenvalue weighted by Gasteiger charge is 2.30. The third-order valence-corrected chi connectivity index (χ3v) is 6.78. The number of aryl methyl sites for hydroxylation is 2. The molecule has 2 aromatic rings. The van der Waals surface area contributed by atoms with Crippen molar-refractivity contribution in [1.82, 2.24) is 10.2 Å². The Hall–Kier alpha value is -2.87. The van der Waals surface area contributed by atoms with Crippen LogP contribution < -0.4 is 9.62 Å². The first-order chi connectivity index (χ1) is 15.9. The topological polar surface area (TPSA) is 86.8 Å². The van der Waals surface area contributed by atoms with Gasteiger partial charge in [0.15, 0.2) is 0 Å². The molecule has 2 amide bonds. The van der Waals surface area contributed by atoms with Crippen molar-refractivity contribution in [3.05, 3.63) is 65.2 Å². The maximum absolute atomic E-state index is 13.5. The quantitative estimate of drug-likeness (QED) is 0.527. The van der Waals surface area contributed by atoms with Gasteiger partial charge in [-0.1, -0.05) is 56.3 Å². The minimum Gasteiger partial charge on any atom is -0.354 e. The van der Waals surface area contributed by atoms with Crippen LogP contribution in [-0.2, 0) is 26.0 Å². The zero-order chi connectivity index (χ0) is 25.5. The van der Waals surface area contributed by atoms with Crippen molar-refractivity contribution in [2.75, 3.05) is 30.2 Å². The number of sulfonamides is 1. The highest BCUT2D eigenvalue weighted by atomic mass is 32.2. The smallest absolute Gasteiger partial charge is 0.244 e. The molecule has 0 bridgehead atoms. The van der Waals surface area contributed by atoms with E-state index in [4.69, 9.17) is 0 Å². The van der Waals surface area contributed by atoms with Crippen molar-refractivity contribution in [3.8, 4) is 0 Å². The number of hydrogen-bond acceptors (Lipinski definition) is 4. The zero-order valence-electron chi connectivity index (χ0n) is 21.0. The SMILES string of the molecule is Cc1ccc(C)c(N(CC(=O)N(CCc2ccccc2)[C@@H](C)C(=O)NCC(C)C)S(C)(=O)=O)c1. The second kappa shape index (κ2) is 12.0. The van der Waals surface area contributed by atoms with Crippen LogP contribution in [0.3, 0.4) is 0 Å². The number of anilines is 1. The molecule has 2 rings (SSSR count). The molecule has 0 saturated heterocycles. The molecule has 8 heteroatoms. The number of hydrogen-bond donors (Lipinski definition) is 1. The maximum atomic E-state index is 13.5. The zero-order valence-corrected chi connectivity index (χ0v) is 21.9. The average molecular weight is 488 g/mol. The van der Waals surface area contributed by atoms with Crippen molar-refractivity contribution in [3.63, 3.8) is 0 Å². The van der Waals surface area contributed by atoms with Gasteiger partial charge in [-0.25, -0.2) is 8.42 Å². The first kappa shape index (κ1) is 27.4. The fraction of sp³-hybridized carbons (Fsp3) is 0.462. The lowest BCUT2D eigenvalue weighted by Crippen LogP contribution is -2.52. The number of amides is 2. The lowest BCUT2D eigenvalue weighted by molar-refractivity contribution is -0.138. The third-order valence-electron chi connectivity index (χ3n) is 5.65. The highest BCUT2D eigenvalue weighted by Crippen LogP contribution is 2.24. The van der Waals surface area contributed by atoms with Gasteiger partial charge in [-0.15, -0.1) is 0 Å². The normalized spacial score (nSPS) is 12.3. The molecule has 1 atom stereocenters. The predicted molar refractivity (Wildman–Crippen MR) is 137 cm³/mol. The van der Waals surface area contributed by atoms with Crippen molar-refractivity contribution >= 4 is 27.5 Å². The van der Waals surface area contributed by atoms with Gasteiger partial charge in [-0.05, 0) is 55.9 Å². The lowest BCUT2D eigenvalue weighted by Gasteiger charge is -2.32. The van der Waals surface area contributed by atoms with E-state index in [0.29, 0.717) is 25.2 Å². The summed E-state index contributed by atoms with van der Waals surface area (Å²) in [7, 11) is -3.74. The minimum atomic E-state index is -3.74. The van der Waals surface area contributed by atoms with Gasteiger partial charge in [-0.2, -0.15) is 0 Å². The Labute approximate surface area is 204 Å². The molecule has 1 N–H and O–H groups in total. The van der Waals surface area contributed by atoms with Crippen LogP contribution in [0.4, 0.5) is 5.69 Å². The molecular formula is C26H37N3O4S. The summed E-state index contributed by atoms with van der Waals surface area (Å²) >= 11 is 0. The summed E-state index contributed by atoms with van der Waals surface area (Å²) < 4.78 is 26.5. The first-order valence-corrected chi connectivity index (χ1v) is 13.4. The van der Waals surface area contributed by atoms with E-state index in [1.54, 1.807) is 13.0 Å². The fourth-order valence-corrected chi connectivity index (χ4v) is 4.50. The van der Waals surface area contributed by atoms with Crippen molar-refractivity contribution in [2.45, 2.75) is 47.1 Å². The Balaban J connectivity index is 2.33. The van der Waals surface area contributed by atoms with Gasteiger partial charge in [0, 0.05) is 13.1 Å². The predicted octanol–water partition coefficient (Wildman–Crippen LogP) is 3.30. The second-order valence-corrected chi connectivity index (χ2v) is 11.1.